The Hall–Kier alpha value is -0.660. The van der Waals surface area contributed by atoms with Crippen LogP contribution in [0.3, 0.4) is 0 Å². The molecule has 3 nitrogen and oxygen atoms in total. The van der Waals surface area contributed by atoms with Crippen LogP contribution in [0.5, 0.6) is 0 Å². The van der Waals surface area contributed by atoms with Crippen molar-refractivity contribution in [3.63, 3.8) is 0 Å². The van der Waals surface area contributed by atoms with Crippen molar-refractivity contribution in [2.24, 2.45) is 5.92 Å². The van der Waals surface area contributed by atoms with E-state index in [1.54, 1.807) is 18.7 Å². The molecular weight excluding hydrogens is 186 g/mol. The molecule has 1 atom stereocenters. The minimum atomic E-state index is -0.760. The van der Waals surface area contributed by atoms with E-state index < -0.39 is 5.97 Å². The molecule has 0 aromatic carbocycles. The van der Waals surface area contributed by atoms with Crippen LogP contribution in [-0.4, -0.2) is 35.7 Å². The van der Waals surface area contributed by atoms with Gasteiger partial charge in [-0.2, -0.15) is 0 Å². The number of terminal acetylenes is 1. The summed E-state index contributed by atoms with van der Waals surface area (Å²) in [4.78, 5) is 10.4. The minimum Gasteiger partial charge on any atom is -0.481 e. The van der Waals surface area contributed by atoms with Gasteiger partial charge in [0.05, 0.1) is 11.7 Å². The van der Waals surface area contributed by atoms with E-state index in [1.807, 2.05) is 0 Å². The van der Waals surface area contributed by atoms with Crippen molar-refractivity contribution in [3.8, 4) is 12.3 Å². The van der Waals surface area contributed by atoms with Gasteiger partial charge < -0.3 is 10.4 Å². The molecule has 0 rings (SSSR count). The van der Waals surface area contributed by atoms with Crippen molar-refractivity contribution in [2.45, 2.75) is 6.92 Å². The average Bonchev–Trinajstić information content (AvgIpc) is 2.10. The van der Waals surface area contributed by atoms with Gasteiger partial charge >= 0.3 is 5.97 Å². The second-order valence-corrected chi connectivity index (χ2v) is 3.81. The summed E-state index contributed by atoms with van der Waals surface area (Å²) in [7, 11) is 0. The van der Waals surface area contributed by atoms with Gasteiger partial charge in [-0.1, -0.05) is 12.8 Å². The Bertz CT molecular complexity index is 189. The standard InChI is InChI=1S/C9H15NO2S/c1-3-5-13-6-4-10-7-8(2)9(11)12/h1,8,10H,4-7H2,2H3,(H,11,12). The number of thioether (sulfide) groups is 1. The van der Waals surface area contributed by atoms with Crippen LogP contribution in [0.15, 0.2) is 0 Å². The monoisotopic (exact) mass is 201 g/mol. The molecule has 0 bridgehead atoms. The summed E-state index contributed by atoms with van der Waals surface area (Å²) in [6.07, 6.45) is 5.06. The van der Waals surface area contributed by atoms with E-state index in [1.165, 1.54) is 0 Å². The normalized spacial score (nSPS) is 12.0. The Morgan fingerprint density at radius 3 is 3.00 bits per heavy atom. The SMILES string of the molecule is C#CCSCCNCC(C)C(=O)O. The van der Waals surface area contributed by atoms with Crippen molar-refractivity contribution in [3.05, 3.63) is 0 Å². The molecule has 0 aliphatic rings. The first-order valence-electron chi connectivity index (χ1n) is 4.13. The summed E-state index contributed by atoms with van der Waals surface area (Å²) in [5.41, 5.74) is 0. The molecule has 0 spiro atoms. The molecule has 13 heavy (non-hydrogen) atoms. The van der Waals surface area contributed by atoms with E-state index in [0.29, 0.717) is 6.54 Å². The van der Waals surface area contributed by atoms with Gasteiger partial charge in [-0.3, -0.25) is 4.79 Å². The van der Waals surface area contributed by atoms with Crippen LogP contribution in [0.4, 0.5) is 0 Å². The number of aliphatic carboxylic acids is 1. The fraction of sp³-hybridized carbons (Fsp3) is 0.667. The maximum Gasteiger partial charge on any atom is 0.307 e. The zero-order valence-corrected chi connectivity index (χ0v) is 8.56. The lowest BCUT2D eigenvalue weighted by molar-refractivity contribution is -0.140. The minimum absolute atomic E-state index is 0.322. The number of carboxylic acid groups (broad SMARTS) is 1. The second-order valence-electron chi connectivity index (χ2n) is 2.70. The zero-order valence-electron chi connectivity index (χ0n) is 7.75. The number of nitrogens with one attached hydrogen (secondary N) is 1. The third-order valence-electron chi connectivity index (χ3n) is 1.48. The molecule has 1 unspecified atom stereocenters. The fourth-order valence-electron chi connectivity index (χ4n) is 0.681. The van der Waals surface area contributed by atoms with Crippen LogP contribution in [0.1, 0.15) is 6.92 Å². The molecular formula is C9H15NO2S. The van der Waals surface area contributed by atoms with E-state index in [4.69, 9.17) is 11.5 Å². The molecule has 74 valence electrons. The van der Waals surface area contributed by atoms with E-state index in [2.05, 4.69) is 11.2 Å². The van der Waals surface area contributed by atoms with Crippen LogP contribution in [-0.2, 0) is 4.79 Å². The Balaban J connectivity index is 3.17. The van der Waals surface area contributed by atoms with Gasteiger partial charge in [-0.15, -0.1) is 18.2 Å². The zero-order chi connectivity index (χ0) is 10.1. The Morgan fingerprint density at radius 1 is 1.77 bits per heavy atom. The molecule has 0 amide bonds. The molecule has 0 aliphatic heterocycles. The van der Waals surface area contributed by atoms with E-state index in [0.717, 1.165) is 18.1 Å². The smallest absolute Gasteiger partial charge is 0.307 e. The number of hydrogen-bond acceptors (Lipinski definition) is 3. The van der Waals surface area contributed by atoms with Crippen LogP contribution in [0.2, 0.25) is 0 Å². The Labute approximate surface area is 83.3 Å². The second kappa shape index (κ2) is 7.96. The van der Waals surface area contributed by atoms with Gasteiger partial charge in [0.1, 0.15) is 0 Å². The van der Waals surface area contributed by atoms with Crippen molar-refractivity contribution in [2.75, 3.05) is 24.6 Å². The van der Waals surface area contributed by atoms with Crippen molar-refractivity contribution in [1.29, 1.82) is 0 Å². The predicted octanol–water partition coefficient (Wildman–Crippen LogP) is 0.663. The first-order valence-corrected chi connectivity index (χ1v) is 5.28. The number of carboxylic acids is 1. The van der Waals surface area contributed by atoms with Crippen molar-refractivity contribution in [1.82, 2.24) is 5.32 Å². The maximum atomic E-state index is 10.4. The molecule has 0 radical (unpaired) electrons. The third kappa shape index (κ3) is 7.69. The van der Waals surface area contributed by atoms with Crippen molar-refractivity contribution >= 4 is 17.7 Å². The molecule has 0 fully saturated rings. The highest BCUT2D eigenvalue weighted by Crippen LogP contribution is 1.96. The predicted molar refractivity (Wildman–Crippen MR) is 55.8 cm³/mol. The molecule has 4 heteroatoms. The summed E-state index contributed by atoms with van der Waals surface area (Å²) in [5.74, 6) is 3.09. The molecule has 0 aliphatic carbocycles. The van der Waals surface area contributed by atoms with Gasteiger partial charge in [-0.05, 0) is 0 Å². The summed E-state index contributed by atoms with van der Waals surface area (Å²) in [6.45, 7) is 3.01. The highest BCUT2D eigenvalue weighted by molar-refractivity contribution is 7.99. The molecule has 0 aromatic rings. The van der Waals surface area contributed by atoms with Crippen LogP contribution in [0.25, 0.3) is 0 Å². The van der Waals surface area contributed by atoms with Crippen LogP contribution >= 0.6 is 11.8 Å². The lowest BCUT2D eigenvalue weighted by atomic mass is 10.2. The Morgan fingerprint density at radius 2 is 2.46 bits per heavy atom. The van der Waals surface area contributed by atoms with Crippen molar-refractivity contribution < 1.29 is 9.90 Å². The highest BCUT2D eigenvalue weighted by Gasteiger charge is 2.08. The van der Waals surface area contributed by atoms with Crippen LogP contribution in [0, 0.1) is 18.3 Å². The first kappa shape index (κ1) is 12.3. The lowest BCUT2D eigenvalue weighted by Crippen LogP contribution is -2.27. The maximum absolute atomic E-state index is 10.4. The van der Waals surface area contributed by atoms with Gasteiger partial charge in [0.25, 0.3) is 0 Å². The molecule has 0 saturated heterocycles. The topological polar surface area (TPSA) is 49.3 Å². The largest absolute Gasteiger partial charge is 0.481 e. The average molecular weight is 201 g/mol. The molecule has 0 aromatic heterocycles. The number of hydrogen-bond donors (Lipinski definition) is 2. The molecule has 2 N–H and O–H groups in total. The number of rotatable bonds is 7. The third-order valence-corrected chi connectivity index (χ3v) is 2.34. The summed E-state index contributed by atoms with van der Waals surface area (Å²) < 4.78 is 0. The van der Waals surface area contributed by atoms with Gasteiger partial charge in [-0.25, -0.2) is 0 Å². The van der Waals surface area contributed by atoms with E-state index >= 15 is 0 Å². The number of carbonyl (C=O) groups is 1. The summed E-state index contributed by atoms with van der Waals surface area (Å²) >= 11 is 1.67. The molecule has 0 heterocycles. The van der Waals surface area contributed by atoms with Gasteiger partial charge in [0.15, 0.2) is 0 Å². The first-order chi connectivity index (χ1) is 6.18. The van der Waals surface area contributed by atoms with E-state index in [-0.39, 0.29) is 5.92 Å². The molecule has 0 saturated carbocycles. The summed E-state index contributed by atoms with van der Waals surface area (Å²) in [6, 6.07) is 0. The summed E-state index contributed by atoms with van der Waals surface area (Å²) in [5, 5.41) is 11.6. The quantitative estimate of drug-likeness (QED) is 0.469. The lowest BCUT2D eigenvalue weighted by Gasteiger charge is -2.06. The van der Waals surface area contributed by atoms with Crippen LogP contribution < -0.4 is 5.32 Å². The Kier molecular flexibility index (Phi) is 7.56. The van der Waals surface area contributed by atoms with E-state index in [9.17, 15) is 4.79 Å². The fourth-order valence-corrected chi connectivity index (χ4v) is 1.23. The van der Waals surface area contributed by atoms with Gasteiger partial charge in [0.2, 0.25) is 0 Å². The highest BCUT2D eigenvalue weighted by atomic mass is 32.2. The van der Waals surface area contributed by atoms with Gasteiger partial charge in [0, 0.05) is 18.8 Å².